The fraction of sp³-hybridized carbons (Fsp3) is 0.929. The number of piperidine rings is 1. The molecule has 1 aliphatic carbocycles. The van der Waals surface area contributed by atoms with Crippen molar-refractivity contribution in [3.05, 3.63) is 0 Å². The van der Waals surface area contributed by atoms with Crippen LogP contribution >= 0.6 is 12.4 Å². The van der Waals surface area contributed by atoms with Gasteiger partial charge in [-0.15, -0.1) is 12.4 Å². The summed E-state index contributed by atoms with van der Waals surface area (Å²) in [5.74, 6) is 1.02. The van der Waals surface area contributed by atoms with E-state index in [9.17, 15) is 4.79 Å². The summed E-state index contributed by atoms with van der Waals surface area (Å²) in [5, 5.41) is 0. The molecule has 0 radical (unpaired) electrons. The Bertz CT molecular complexity index is 281. The highest BCUT2D eigenvalue weighted by molar-refractivity contribution is 5.85. The first-order valence-corrected chi connectivity index (χ1v) is 7.17. The highest BCUT2D eigenvalue weighted by atomic mass is 35.5. The Balaban J connectivity index is 0.00000162. The Hall–Kier alpha value is -0.280. The molecule has 0 spiro atoms. The number of hydrogen-bond acceptors (Lipinski definition) is 2. The van der Waals surface area contributed by atoms with E-state index < -0.39 is 0 Å². The lowest BCUT2D eigenvalue weighted by Gasteiger charge is -2.45. The third-order valence-electron chi connectivity index (χ3n) is 4.70. The molecule has 0 aromatic carbocycles. The molecule has 3 nitrogen and oxygen atoms in total. The summed E-state index contributed by atoms with van der Waals surface area (Å²) < 4.78 is 0. The summed E-state index contributed by atoms with van der Waals surface area (Å²) in [5.41, 5.74) is 5.86. The molecule has 1 heterocycles. The number of nitrogens with zero attached hydrogens (tertiary/aromatic N) is 1. The summed E-state index contributed by atoms with van der Waals surface area (Å²) in [6.45, 7) is 4.86. The van der Waals surface area contributed by atoms with Crippen molar-refractivity contribution in [3.8, 4) is 0 Å². The Morgan fingerprint density at radius 1 is 1.17 bits per heavy atom. The molecule has 1 aliphatic heterocycles. The normalized spacial score (nSPS) is 30.9. The van der Waals surface area contributed by atoms with Crippen LogP contribution in [-0.2, 0) is 4.79 Å². The van der Waals surface area contributed by atoms with Crippen LogP contribution < -0.4 is 5.73 Å². The van der Waals surface area contributed by atoms with Gasteiger partial charge in [-0.05, 0) is 38.5 Å². The van der Waals surface area contributed by atoms with Crippen LogP contribution in [-0.4, -0.2) is 29.4 Å². The number of likely N-dealkylation sites (tertiary alicyclic amines) is 1. The quantitative estimate of drug-likeness (QED) is 0.841. The Labute approximate surface area is 117 Å². The fourth-order valence-electron chi connectivity index (χ4n) is 3.38. The van der Waals surface area contributed by atoms with Crippen LogP contribution in [0.1, 0.15) is 52.4 Å². The molecule has 1 saturated carbocycles. The number of amides is 1. The predicted molar refractivity (Wildman–Crippen MR) is 76.8 cm³/mol. The van der Waals surface area contributed by atoms with Crippen LogP contribution in [0.2, 0.25) is 0 Å². The van der Waals surface area contributed by atoms with E-state index in [0.29, 0.717) is 6.04 Å². The summed E-state index contributed by atoms with van der Waals surface area (Å²) in [7, 11) is 0. The third kappa shape index (κ3) is 3.18. The van der Waals surface area contributed by atoms with Crippen molar-refractivity contribution in [1.29, 1.82) is 0 Å². The lowest BCUT2D eigenvalue weighted by Crippen LogP contribution is -2.53. The summed E-state index contributed by atoms with van der Waals surface area (Å²) in [6.07, 6.45) is 7.67. The molecule has 2 aliphatic rings. The molecule has 1 saturated heterocycles. The summed E-state index contributed by atoms with van der Waals surface area (Å²) in [6, 6.07) is 0.484. The maximum atomic E-state index is 12.4. The maximum Gasteiger partial charge on any atom is 0.227 e. The van der Waals surface area contributed by atoms with Gasteiger partial charge in [0.1, 0.15) is 0 Å². The summed E-state index contributed by atoms with van der Waals surface area (Å²) in [4.78, 5) is 14.6. The second-order valence-electron chi connectivity index (χ2n) is 5.93. The van der Waals surface area contributed by atoms with E-state index >= 15 is 0 Å². The lowest BCUT2D eigenvalue weighted by molar-refractivity contribution is -0.142. The molecule has 18 heavy (non-hydrogen) atoms. The monoisotopic (exact) mass is 274 g/mol. The van der Waals surface area contributed by atoms with Gasteiger partial charge in [0, 0.05) is 18.6 Å². The molecule has 4 atom stereocenters. The molecule has 2 rings (SSSR count). The number of rotatable bonds is 2. The maximum absolute atomic E-state index is 12.4. The van der Waals surface area contributed by atoms with Gasteiger partial charge in [0.15, 0.2) is 0 Å². The molecule has 4 heteroatoms. The Morgan fingerprint density at radius 2 is 1.78 bits per heavy atom. The van der Waals surface area contributed by atoms with Crippen LogP contribution in [0.25, 0.3) is 0 Å². The first-order valence-electron chi connectivity index (χ1n) is 7.17. The highest BCUT2D eigenvalue weighted by Gasteiger charge is 2.37. The lowest BCUT2D eigenvalue weighted by atomic mass is 9.78. The van der Waals surface area contributed by atoms with Crippen molar-refractivity contribution >= 4 is 18.3 Å². The number of fused-ring (bicyclic) bond motifs is 1. The molecular formula is C14H27ClN2O. The molecule has 2 N–H and O–H groups in total. The first-order chi connectivity index (χ1) is 8.11. The average Bonchev–Trinajstić information content (AvgIpc) is 2.36. The van der Waals surface area contributed by atoms with Crippen molar-refractivity contribution < 1.29 is 4.79 Å². The van der Waals surface area contributed by atoms with Gasteiger partial charge in [-0.3, -0.25) is 4.79 Å². The van der Waals surface area contributed by atoms with E-state index in [1.807, 2.05) is 13.8 Å². The average molecular weight is 275 g/mol. The predicted octanol–water partition coefficient (Wildman–Crippen LogP) is 2.57. The minimum absolute atomic E-state index is 0. The van der Waals surface area contributed by atoms with E-state index in [1.54, 1.807) is 0 Å². The summed E-state index contributed by atoms with van der Waals surface area (Å²) >= 11 is 0. The van der Waals surface area contributed by atoms with Gasteiger partial charge in [-0.2, -0.15) is 0 Å². The molecule has 0 aromatic heterocycles. The van der Waals surface area contributed by atoms with Gasteiger partial charge in [-0.1, -0.05) is 19.8 Å². The van der Waals surface area contributed by atoms with E-state index in [1.165, 1.54) is 38.5 Å². The Morgan fingerprint density at radius 3 is 2.44 bits per heavy atom. The van der Waals surface area contributed by atoms with Crippen molar-refractivity contribution in [2.75, 3.05) is 6.54 Å². The zero-order valence-corrected chi connectivity index (χ0v) is 12.4. The van der Waals surface area contributed by atoms with Crippen LogP contribution in [0.3, 0.4) is 0 Å². The van der Waals surface area contributed by atoms with Gasteiger partial charge in [-0.25, -0.2) is 0 Å². The molecule has 2 fully saturated rings. The molecule has 0 aromatic rings. The first kappa shape index (κ1) is 15.8. The second kappa shape index (κ2) is 6.76. The Kier molecular flexibility index (Phi) is 5.93. The third-order valence-corrected chi connectivity index (χ3v) is 4.70. The van der Waals surface area contributed by atoms with Crippen molar-refractivity contribution in [1.82, 2.24) is 4.90 Å². The SMILES string of the molecule is CC(N)C(C)C(=O)N1CCCC2CCCCC21.Cl. The highest BCUT2D eigenvalue weighted by Crippen LogP contribution is 2.35. The zero-order valence-electron chi connectivity index (χ0n) is 11.6. The number of halogens is 1. The second-order valence-corrected chi connectivity index (χ2v) is 5.93. The fourth-order valence-corrected chi connectivity index (χ4v) is 3.38. The molecule has 106 valence electrons. The topological polar surface area (TPSA) is 46.3 Å². The minimum atomic E-state index is -0.0357. The van der Waals surface area contributed by atoms with Crippen LogP contribution in [0.4, 0.5) is 0 Å². The van der Waals surface area contributed by atoms with Gasteiger partial charge in [0.25, 0.3) is 0 Å². The van der Waals surface area contributed by atoms with E-state index in [-0.39, 0.29) is 30.3 Å². The number of carbonyl (C=O) groups excluding carboxylic acids is 1. The largest absolute Gasteiger partial charge is 0.339 e. The molecule has 4 unspecified atom stereocenters. The number of nitrogens with two attached hydrogens (primary N) is 1. The van der Waals surface area contributed by atoms with E-state index in [2.05, 4.69) is 4.90 Å². The minimum Gasteiger partial charge on any atom is -0.339 e. The smallest absolute Gasteiger partial charge is 0.227 e. The zero-order chi connectivity index (χ0) is 12.4. The van der Waals surface area contributed by atoms with Crippen molar-refractivity contribution in [3.63, 3.8) is 0 Å². The van der Waals surface area contributed by atoms with Crippen LogP contribution in [0.15, 0.2) is 0 Å². The standard InChI is InChI=1S/C14H26N2O.ClH/c1-10(11(2)15)14(17)16-9-5-7-12-6-3-4-8-13(12)16;/h10-13H,3-9,15H2,1-2H3;1H. The van der Waals surface area contributed by atoms with Gasteiger partial charge in [0.2, 0.25) is 5.91 Å². The number of hydrogen-bond donors (Lipinski definition) is 1. The number of carbonyl (C=O) groups is 1. The van der Waals surface area contributed by atoms with Crippen molar-refractivity contribution in [2.24, 2.45) is 17.6 Å². The van der Waals surface area contributed by atoms with Crippen LogP contribution in [0.5, 0.6) is 0 Å². The molecular weight excluding hydrogens is 248 g/mol. The van der Waals surface area contributed by atoms with Crippen molar-refractivity contribution in [2.45, 2.75) is 64.5 Å². The van der Waals surface area contributed by atoms with Crippen LogP contribution in [0, 0.1) is 11.8 Å². The van der Waals surface area contributed by atoms with Gasteiger partial charge < -0.3 is 10.6 Å². The van der Waals surface area contributed by atoms with E-state index in [0.717, 1.165) is 12.5 Å². The van der Waals surface area contributed by atoms with Gasteiger partial charge in [0.05, 0.1) is 5.92 Å². The molecule has 1 amide bonds. The van der Waals surface area contributed by atoms with E-state index in [4.69, 9.17) is 5.73 Å². The van der Waals surface area contributed by atoms with Gasteiger partial charge >= 0.3 is 0 Å². The molecule has 0 bridgehead atoms.